The molecule has 1 aromatic carbocycles. The SMILES string of the molecule is COc1ccc(Cl)cc1Cn1cc(Br)c(=O)[nH]c1=O. The molecule has 0 bridgehead atoms. The molecule has 0 aliphatic heterocycles. The fraction of sp³-hybridized carbons (Fsp3) is 0.167. The van der Waals surface area contributed by atoms with Crippen molar-refractivity contribution < 1.29 is 4.74 Å². The average Bonchev–Trinajstić information content (AvgIpc) is 2.36. The summed E-state index contributed by atoms with van der Waals surface area (Å²) in [6.07, 6.45) is 1.43. The lowest BCUT2D eigenvalue weighted by atomic mass is 10.2. The molecule has 100 valence electrons. The Bertz CT molecular complexity index is 724. The van der Waals surface area contributed by atoms with Gasteiger partial charge in [0.2, 0.25) is 0 Å². The molecular weight excluding hydrogens is 336 g/mol. The van der Waals surface area contributed by atoms with Gasteiger partial charge >= 0.3 is 5.69 Å². The zero-order valence-electron chi connectivity index (χ0n) is 9.94. The number of aromatic nitrogens is 2. The molecule has 0 atom stereocenters. The molecule has 5 nitrogen and oxygen atoms in total. The Morgan fingerprint density at radius 1 is 1.42 bits per heavy atom. The summed E-state index contributed by atoms with van der Waals surface area (Å²) in [5.74, 6) is 0.624. The van der Waals surface area contributed by atoms with Gasteiger partial charge in [0.1, 0.15) is 5.75 Å². The molecule has 0 radical (unpaired) electrons. The molecule has 1 heterocycles. The van der Waals surface area contributed by atoms with Gasteiger partial charge in [0.15, 0.2) is 0 Å². The van der Waals surface area contributed by atoms with Gasteiger partial charge in [-0.05, 0) is 34.1 Å². The predicted octanol–water partition coefficient (Wildman–Crippen LogP) is 2.01. The summed E-state index contributed by atoms with van der Waals surface area (Å²) < 4.78 is 6.85. The number of rotatable bonds is 3. The molecule has 0 aliphatic rings. The first-order valence-corrected chi connectivity index (χ1v) is 6.50. The Morgan fingerprint density at radius 3 is 2.84 bits per heavy atom. The van der Waals surface area contributed by atoms with Crippen LogP contribution in [-0.4, -0.2) is 16.7 Å². The van der Waals surface area contributed by atoms with E-state index in [0.717, 1.165) is 5.56 Å². The fourth-order valence-electron chi connectivity index (χ4n) is 1.65. The Labute approximate surface area is 121 Å². The van der Waals surface area contributed by atoms with Crippen LogP contribution in [0, 0.1) is 0 Å². The topological polar surface area (TPSA) is 64.1 Å². The third-order valence-electron chi connectivity index (χ3n) is 2.55. The zero-order chi connectivity index (χ0) is 14.0. The third kappa shape index (κ3) is 3.08. The summed E-state index contributed by atoms with van der Waals surface area (Å²) in [5, 5.41) is 0.548. The highest BCUT2D eigenvalue weighted by molar-refractivity contribution is 9.10. The first-order chi connectivity index (χ1) is 9.01. The van der Waals surface area contributed by atoms with Crippen LogP contribution in [0.25, 0.3) is 0 Å². The molecule has 7 heteroatoms. The van der Waals surface area contributed by atoms with E-state index < -0.39 is 11.2 Å². The van der Waals surface area contributed by atoms with Crippen molar-refractivity contribution in [3.8, 4) is 5.75 Å². The van der Waals surface area contributed by atoms with Crippen LogP contribution >= 0.6 is 27.5 Å². The molecule has 0 amide bonds. The van der Waals surface area contributed by atoms with Crippen LogP contribution in [0.1, 0.15) is 5.56 Å². The van der Waals surface area contributed by atoms with Gasteiger partial charge in [-0.1, -0.05) is 11.6 Å². The highest BCUT2D eigenvalue weighted by Crippen LogP contribution is 2.23. The van der Waals surface area contributed by atoms with Gasteiger partial charge in [-0.2, -0.15) is 0 Å². The maximum atomic E-state index is 11.7. The normalized spacial score (nSPS) is 10.5. The van der Waals surface area contributed by atoms with Crippen molar-refractivity contribution in [2.45, 2.75) is 6.54 Å². The minimum atomic E-state index is -0.491. The fourth-order valence-corrected chi connectivity index (χ4v) is 2.20. The Morgan fingerprint density at radius 2 is 2.16 bits per heavy atom. The van der Waals surface area contributed by atoms with Gasteiger partial charge in [0.25, 0.3) is 5.56 Å². The lowest BCUT2D eigenvalue weighted by Gasteiger charge is -2.10. The molecule has 19 heavy (non-hydrogen) atoms. The average molecular weight is 346 g/mol. The van der Waals surface area contributed by atoms with Crippen molar-refractivity contribution in [3.63, 3.8) is 0 Å². The zero-order valence-corrected chi connectivity index (χ0v) is 12.3. The van der Waals surface area contributed by atoms with Gasteiger partial charge in [0, 0.05) is 16.8 Å². The minimum Gasteiger partial charge on any atom is -0.496 e. The van der Waals surface area contributed by atoms with E-state index in [1.165, 1.54) is 17.9 Å². The lowest BCUT2D eigenvalue weighted by molar-refractivity contribution is 0.408. The summed E-state index contributed by atoms with van der Waals surface area (Å²) >= 11 is 9.01. The van der Waals surface area contributed by atoms with Crippen molar-refractivity contribution in [2.75, 3.05) is 7.11 Å². The van der Waals surface area contributed by atoms with E-state index in [1.807, 2.05) is 0 Å². The summed E-state index contributed by atoms with van der Waals surface area (Å²) in [4.78, 5) is 25.2. The maximum Gasteiger partial charge on any atom is 0.328 e. The standard InChI is InChI=1S/C12H10BrClN2O3/c1-19-10-3-2-8(14)4-7(10)5-16-6-9(13)11(17)15-12(16)18/h2-4,6H,5H2,1H3,(H,15,17,18). The van der Waals surface area contributed by atoms with Gasteiger partial charge < -0.3 is 4.74 Å². The van der Waals surface area contributed by atoms with Crippen LogP contribution < -0.4 is 16.0 Å². The number of aromatic amines is 1. The molecule has 0 unspecified atom stereocenters. The van der Waals surface area contributed by atoms with Gasteiger partial charge in [-0.3, -0.25) is 14.3 Å². The van der Waals surface area contributed by atoms with E-state index in [4.69, 9.17) is 16.3 Å². The number of methoxy groups -OCH3 is 1. The van der Waals surface area contributed by atoms with Crippen molar-refractivity contribution in [1.29, 1.82) is 0 Å². The first kappa shape index (κ1) is 13.9. The molecule has 2 rings (SSSR count). The first-order valence-electron chi connectivity index (χ1n) is 5.33. The molecule has 1 aromatic heterocycles. The molecule has 1 N–H and O–H groups in total. The number of halogens is 2. The lowest BCUT2D eigenvalue weighted by Crippen LogP contribution is -2.30. The van der Waals surface area contributed by atoms with Crippen molar-refractivity contribution >= 4 is 27.5 Å². The van der Waals surface area contributed by atoms with Crippen molar-refractivity contribution in [2.24, 2.45) is 0 Å². The Balaban J connectivity index is 2.47. The quantitative estimate of drug-likeness (QED) is 0.925. The number of nitrogens with zero attached hydrogens (tertiary/aromatic N) is 1. The summed E-state index contributed by atoms with van der Waals surface area (Å²) in [7, 11) is 1.54. The Kier molecular flexibility index (Phi) is 4.11. The van der Waals surface area contributed by atoms with Crippen LogP contribution in [0.15, 0.2) is 38.5 Å². The highest BCUT2D eigenvalue weighted by atomic mass is 79.9. The highest BCUT2D eigenvalue weighted by Gasteiger charge is 2.08. The van der Waals surface area contributed by atoms with Gasteiger partial charge in [0.05, 0.1) is 18.1 Å². The Hall–Kier alpha value is -1.53. The third-order valence-corrected chi connectivity index (χ3v) is 3.35. The van der Waals surface area contributed by atoms with Gasteiger partial charge in [-0.25, -0.2) is 4.79 Å². The number of H-pyrrole nitrogens is 1. The smallest absolute Gasteiger partial charge is 0.328 e. The van der Waals surface area contributed by atoms with Crippen LogP contribution in [0.3, 0.4) is 0 Å². The number of benzene rings is 1. The molecule has 2 aromatic rings. The van der Waals surface area contributed by atoms with Crippen LogP contribution in [-0.2, 0) is 6.54 Å². The van der Waals surface area contributed by atoms with E-state index in [-0.39, 0.29) is 11.0 Å². The van der Waals surface area contributed by atoms with E-state index in [0.29, 0.717) is 10.8 Å². The second kappa shape index (κ2) is 5.63. The van der Waals surface area contributed by atoms with Crippen LogP contribution in [0.2, 0.25) is 5.02 Å². The van der Waals surface area contributed by atoms with Crippen molar-refractivity contribution in [1.82, 2.24) is 9.55 Å². The summed E-state index contributed by atoms with van der Waals surface area (Å²) in [6, 6.07) is 5.14. The minimum absolute atomic E-state index is 0.248. The number of hydrogen-bond acceptors (Lipinski definition) is 3. The second-order valence-electron chi connectivity index (χ2n) is 3.82. The van der Waals surface area contributed by atoms with E-state index >= 15 is 0 Å². The van der Waals surface area contributed by atoms with Crippen LogP contribution in [0.4, 0.5) is 0 Å². The maximum absolute atomic E-state index is 11.7. The summed E-state index contributed by atoms with van der Waals surface area (Å²) in [6.45, 7) is 0.248. The molecule has 0 aliphatic carbocycles. The number of hydrogen-bond donors (Lipinski definition) is 1. The second-order valence-corrected chi connectivity index (χ2v) is 5.11. The number of ether oxygens (including phenoxy) is 1. The van der Waals surface area contributed by atoms with E-state index in [2.05, 4.69) is 20.9 Å². The molecule has 0 saturated carbocycles. The predicted molar refractivity (Wildman–Crippen MR) is 76.1 cm³/mol. The van der Waals surface area contributed by atoms with E-state index in [1.54, 1.807) is 18.2 Å². The monoisotopic (exact) mass is 344 g/mol. The summed E-state index contributed by atoms with van der Waals surface area (Å²) in [5.41, 5.74) is -0.203. The van der Waals surface area contributed by atoms with E-state index in [9.17, 15) is 9.59 Å². The molecule has 0 fully saturated rings. The number of nitrogens with one attached hydrogen (secondary N) is 1. The molecular formula is C12H10BrClN2O3. The van der Waals surface area contributed by atoms with Crippen molar-refractivity contribution in [3.05, 3.63) is 60.3 Å². The van der Waals surface area contributed by atoms with Gasteiger partial charge in [-0.15, -0.1) is 0 Å². The molecule has 0 spiro atoms. The largest absolute Gasteiger partial charge is 0.496 e. The van der Waals surface area contributed by atoms with Crippen LogP contribution in [0.5, 0.6) is 5.75 Å². The molecule has 0 saturated heterocycles.